The van der Waals surface area contributed by atoms with E-state index in [0.29, 0.717) is 25.7 Å². The number of carbonyl (C=O) groups is 4. The van der Waals surface area contributed by atoms with Crippen LogP contribution in [0.2, 0.25) is 0 Å². The van der Waals surface area contributed by atoms with Crippen LogP contribution in [-0.2, 0) is 65.4 Å². The number of esters is 4. The zero-order valence-corrected chi connectivity index (χ0v) is 71.9. The molecule has 6 atom stereocenters. The monoisotopic (exact) mass is 1550 g/mol. The number of hydrogen-bond acceptors (Lipinski definition) is 15. The third-order valence-corrected chi connectivity index (χ3v) is 22.6. The van der Waals surface area contributed by atoms with E-state index >= 15 is 0 Å². The van der Waals surface area contributed by atoms with E-state index in [1.54, 1.807) is 0 Å². The Labute approximate surface area is 651 Å². The minimum Gasteiger partial charge on any atom is -0.462 e. The van der Waals surface area contributed by atoms with E-state index in [-0.39, 0.29) is 25.7 Å². The van der Waals surface area contributed by atoms with Crippen LogP contribution in [0.1, 0.15) is 453 Å². The van der Waals surface area contributed by atoms with Crippen molar-refractivity contribution in [2.45, 2.75) is 472 Å². The van der Waals surface area contributed by atoms with Gasteiger partial charge in [-0.3, -0.25) is 37.3 Å². The van der Waals surface area contributed by atoms with Gasteiger partial charge in [-0.2, -0.15) is 0 Å². The van der Waals surface area contributed by atoms with Gasteiger partial charge in [0.2, 0.25) is 0 Å². The second-order valence-electron chi connectivity index (χ2n) is 33.0. The SMILES string of the molecule is CCC(C)CCCCCCCCCCCCCCCCCCCCC(=O)O[C@H](COC(=O)CCCCCCCCCCCCCCCCC(C)C)COP(=O)(O)OC[C@@H](O)COP(=O)(O)OC[C@@H](COC(=O)CCCCCCCCCCCC(C)C)OC(=O)CCCCCCCCCCCCCCC(C)C. The Morgan fingerprint density at radius 2 is 0.453 bits per heavy atom. The molecule has 0 saturated carbocycles. The van der Waals surface area contributed by atoms with Crippen LogP contribution in [0.4, 0.5) is 0 Å². The predicted octanol–water partition coefficient (Wildman–Crippen LogP) is 26.3. The van der Waals surface area contributed by atoms with Crippen LogP contribution in [0.25, 0.3) is 0 Å². The first kappa shape index (κ1) is 104. The summed E-state index contributed by atoms with van der Waals surface area (Å²) >= 11 is 0. The summed E-state index contributed by atoms with van der Waals surface area (Å²) in [6, 6.07) is 0. The van der Waals surface area contributed by atoms with Crippen molar-refractivity contribution in [3.05, 3.63) is 0 Å². The lowest BCUT2D eigenvalue weighted by atomic mass is 9.99. The number of aliphatic hydroxyl groups is 1. The van der Waals surface area contributed by atoms with Crippen molar-refractivity contribution in [3.8, 4) is 0 Å². The molecule has 0 saturated heterocycles. The molecule has 0 heterocycles. The predicted molar refractivity (Wildman–Crippen MR) is 437 cm³/mol. The van der Waals surface area contributed by atoms with Gasteiger partial charge >= 0.3 is 39.5 Å². The lowest BCUT2D eigenvalue weighted by Crippen LogP contribution is -2.30. The molecule has 0 radical (unpaired) electrons. The number of rotatable bonds is 84. The van der Waals surface area contributed by atoms with Gasteiger partial charge in [0.15, 0.2) is 12.2 Å². The zero-order valence-electron chi connectivity index (χ0n) is 70.1. The van der Waals surface area contributed by atoms with Crippen LogP contribution in [0, 0.1) is 23.7 Å². The van der Waals surface area contributed by atoms with Crippen molar-refractivity contribution >= 4 is 39.5 Å². The highest BCUT2D eigenvalue weighted by atomic mass is 31.2. The molecule has 3 N–H and O–H groups in total. The minimum absolute atomic E-state index is 0.106. The Balaban J connectivity index is 5.25. The molecule has 106 heavy (non-hydrogen) atoms. The lowest BCUT2D eigenvalue weighted by molar-refractivity contribution is -0.161. The molecule has 3 unspecified atom stereocenters. The number of ether oxygens (including phenoxy) is 4. The smallest absolute Gasteiger partial charge is 0.462 e. The van der Waals surface area contributed by atoms with Gasteiger partial charge in [-0.05, 0) is 49.4 Å². The van der Waals surface area contributed by atoms with Crippen molar-refractivity contribution in [1.29, 1.82) is 0 Å². The van der Waals surface area contributed by atoms with Crippen molar-refractivity contribution < 1.29 is 80.2 Å². The molecule has 0 aromatic heterocycles. The number of carbonyl (C=O) groups excluding carboxylic acids is 4. The summed E-state index contributed by atoms with van der Waals surface area (Å²) in [4.78, 5) is 73.3. The third kappa shape index (κ3) is 78.7. The fraction of sp³-hybridized carbons (Fsp3) is 0.954. The lowest BCUT2D eigenvalue weighted by Gasteiger charge is -2.21. The molecule has 0 aromatic carbocycles. The fourth-order valence-electron chi connectivity index (χ4n) is 13.5. The Kier molecular flexibility index (Phi) is 74.3. The molecule has 19 heteroatoms. The largest absolute Gasteiger partial charge is 0.472 e. The van der Waals surface area contributed by atoms with Crippen LogP contribution in [0.15, 0.2) is 0 Å². The maximum absolute atomic E-state index is 13.2. The molecule has 0 spiro atoms. The van der Waals surface area contributed by atoms with Gasteiger partial charge in [0.05, 0.1) is 26.4 Å². The van der Waals surface area contributed by atoms with E-state index in [1.165, 1.54) is 257 Å². The number of phosphoric acid groups is 2. The van der Waals surface area contributed by atoms with Gasteiger partial charge in [0.1, 0.15) is 19.3 Å². The summed E-state index contributed by atoms with van der Waals surface area (Å²) in [5, 5.41) is 10.7. The fourth-order valence-corrected chi connectivity index (χ4v) is 15.0. The minimum atomic E-state index is -4.97. The van der Waals surface area contributed by atoms with Gasteiger partial charge in [0, 0.05) is 25.7 Å². The summed E-state index contributed by atoms with van der Waals surface area (Å²) in [5.41, 5.74) is 0. The maximum Gasteiger partial charge on any atom is 0.472 e. The van der Waals surface area contributed by atoms with Crippen molar-refractivity contribution in [2.24, 2.45) is 23.7 Å². The molecule has 0 aliphatic carbocycles. The molecule has 0 aromatic rings. The van der Waals surface area contributed by atoms with Gasteiger partial charge in [0.25, 0.3) is 0 Å². The van der Waals surface area contributed by atoms with Gasteiger partial charge in [-0.1, -0.05) is 402 Å². The molecule has 0 aliphatic heterocycles. The molecule has 17 nitrogen and oxygen atoms in total. The molecular weight excluding hydrogens is 1380 g/mol. The number of unbranched alkanes of at least 4 members (excludes halogenated alkanes) is 49. The van der Waals surface area contributed by atoms with Crippen LogP contribution in [0.5, 0.6) is 0 Å². The highest BCUT2D eigenvalue weighted by Gasteiger charge is 2.31. The van der Waals surface area contributed by atoms with E-state index in [9.17, 15) is 43.2 Å². The summed E-state index contributed by atoms with van der Waals surface area (Å²) in [6.07, 6.45) is 65.2. The number of phosphoric ester groups is 2. The second kappa shape index (κ2) is 75.7. The molecule has 0 fully saturated rings. The molecule has 0 amide bonds. The quantitative estimate of drug-likeness (QED) is 0.0222. The zero-order chi connectivity index (χ0) is 78.1. The highest BCUT2D eigenvalue weighted by Crippen LogP contribution is 2.45. The summed E-state index contributed by atoms with van der Waals surface area (Å²) in [5.74, 6) is 1.08. The van der Waals surface area contributed by atoms with E-state index < -0.39 is 97.5 Å². The highest BCUT2D eigenvalue weighted by molar-refractivity contribution is 7.47. The summed E-state index contributed by atoms with van der Waals surface area (Å²) in [6.45, 7) is 14.4. The van der Waals surface area contributed by atoms with Crippen LogP contribution < -0.4 is 0 Å². The Morgan fingerprint density at radius 1 is 0.264 bits per heavy atom. The third-order valence-electron chi connectivity index (χ3n) is 20.7. The van der Waals surface area contributed by atoms with E-state index in [0.717, 1.165) is 114 Å². The summed E-state index contributed by atoms with van der Waals surface area (Å²) in [7, 11) is -9.93. The van der Waals surface area contributed by atoms with E-state index in [4.69, 9.17) is 37.0 Å². The topological polar surface area (TPSA) is 237 Å². The first-order valence-electron chi connectivity index (χ1n) is 44.7. The van der Waals surface area contributed by atoms with Crippen molar-refractivity contribution in [2.75, 3.05) is 39.6 Å². The maximum atomic E-state index is 13.2. The molecule has 630 valence electrons. The van der Waals surface area contributed by atoms with Crippen LogP contribution in [-0.4, -0.2) is 96.7 Å². The number of aliphatic hydroxyl groups excluding tert-OH is 1. The van der Waals surface area contributed by atoms with E-state index in [1.807, 2.05) is 0 Å². The second-order valence-corrected chi connectivity index (χ2v) is 35.9. The normalized spacial score (nSPS) is 14.2. The van der Waals surface area contributed by atoms with Crippen LogP contribution in [0.3, 0.4) is 0 Å². The average Bonchev–Trinajstić information content (AvgIpc) is 0.961. The van der Waals surface area contributed by atoms with Crippen molar-refractivity contribution in [1.82, 2.24) is 0 Å². The first-order valence-corrected chi connectivity index (χ1v) is 47.7. The molecule has 0 aliphatic rings. The number of hydrogen-bond donors (Lipinski definition) is 3. The first-order chi connectivity index (χ1) is 51.1. The molecule has 0 bridgehead atoms. The van der Waals surface area contributed by atoms with Gasteiger partial charge in [-0.25, -0.2) is 9.13 Å². The molecule has 0 rings (SSSR count). The van der Waals surface area contributed by atoms with Crippen molar-refractivity contribution in [3.63, 3.8) is 0 Å². The van der Waals surface area contributed by atoms with E-state index in [2.05, 4.69) is 55.4 Å². The van der Waals surface area contributed by atoms with Gasteiger partial charge in [-0.15, -0.1) is 0 Å². The average molecular weight is 1550 g/mol. The Hall–Kier alpha value is -1.94. The van der Waals surface area contributed by atoms with Gasteiger partial charge < -0.3 is 33.8 Å². The Bertz CT molecular complexity index is 2060. The summed E-state index contributed by atoms with van der Waals surface area (Å²) < 4.78 is 68.9. The molecular formula is C87H170O17P2. The van der Waals surface area contributed by atoms with Crippen LogP contribution >= 0.6 is 15.6 Å². The Morgan fingerprint density at radius 3 is 0.670 bits per heavy atom. The standard InChI is InChI=1S/C87H170O17P2/c1-9-80(8)66-58-50-42-34-26-19-14-12-10-11-13-15-21-28-36-45-53-61-69-86(91)103-82(73-97-84(89)67-59-51-43-35-27-20-17-16-18-24-31-39-47-55-63-77(2)3)75-101-105(93,94)99-71-81(88)72-100-106(95,96)102-76-83(74-98-85(90)68-60-52-44-38-30-33-41-49-57-65-79(6)7)104-87(92)70-62-54-46-37-29-23-22-25-32-40-48-56-64-78(4)5/h77-83,88H,9-76H2,1-8H3,(H,93,94)(H,95,96)/t80?,81-,82-,83-/m1/s1.